The summed E-state index contributed by atoms with van der Waals surface area (Å²) in [4.78, 5) is 10.8. The van der Waals surface area contributed by atoms with E-state index in [0.29, 0.717) is 6.04 Å². The molecule has 0 saturated carbocycles. The predicted molar refractivity (Wildman–Crippen MR) is 93.5 cm³/mol. The van der Waals surface area contributed by atoms with Gasteiger partial charge in [0.2, 0.25) is 0 Å². The summed E-state index contributed by atoms with van der Waals surface area (Å²) in [6.07, 6.45) is 4.44. The fraction of sp³-hybridized carbons (Fsp3) is 0.647. The first kappa shape index (κ1) is 16.1. The third-order valence-corrected chi connectivity index (χ3v) is 6.01. The van der Waals surface area contributed by atoms with E-state index in [4.69, 9.17) is 9.26 Å². The van der Waals surface area contributed by atoms with Crippen LogP contribution in [0.15, 0.2) is 10.7 Å². The third-order valence-electron chi connectivity index (χ3n) is 4.97. The molecule has 0 amide bonds. The van der Waals surface area contributed by atoms with Gasteiger partial charge in [-0.2, -0.15) is 0 Å². The molecule has 0 radical (unpaired) electrons. The second-order valence-corrected chi connectivity index (χ2v) is 7.67. The highest BCUT2D eigenvalue weighted by Crippen LogP contribution is 2.37. The number of likely N-dealkylation sites (tertiary alicyclic amines) is 1. The Morgan fingerprint density at radius 1 is 1.25 bits per heavy atom. The Morgan fingerprint density at radius 3 is 2.83 bits per heavy atom. The first-order chi connectivity index (χ1) is 11.7. The molecule has 24 heavy (non-hydrogen) atoms. The summed E-state index contributed by atoms with van der Waals surface area (Å²) in [7, 11) is 0. The molecule has 2 aromatic heterocycles. The fourth-order valence-corrected chi connectivity index (χ4v) is 4.77. The Morgan fingerprint density at radius 2 is 2.08 bits per heavy atom. The largest absolute Gasteiger partial charge is 0.378 e. The second kappa shape index (κ2) is 6.82. The molecule has 2 aromatic rings. The maximum absolute atomic E-state index is 5.43. The molecule has 0 N–H and O–H groups in total. The van der Waals surface area contributed by atoms with Gasteiger partial charge in [-0.05, 0) is 33.2 Å². The lowest BCUT2D eigenvalue weighted by atomic mass is 10.0. The maximum atomic E-state index is 5.43. The van der Waals surface area contributed by atoms with Crippen molar-refractivity contribution in [2.75, 3.05) is 37.7 Å². The van der Waals surface area contributed by atoms with E-state index in [1.807, 2.05) is 31.4 Å². The molecule has 0 aliphatic carbocycles. The second-order valence-electron chi connectivity index (χ2n) is 6.57. The van der Waals surface area contributed by atoms with Crippen LogP contribution in [0.4, 0.5) is 5.13 Å². The summed E-state index contributed by atoms with van der Waals surface area (Å²) < 4.78 is 10.8. The first-order valence-corrected chi connectivity index (χ1v) is 9.48. The molecule has 4 heterocycles. The zero-order valence-electron chi connectivity index (χ0n) is 14.3. The van der Waals surface area contributed by atoms with Crippen LogP contribution in [0.25, 0.3) is 0 Å². The smallest absolute Gasteiger partial charge is 0.185 e. The van der Waals surface area contributed by atoms with Crippen molar-refractivity contribution in [3.05, 3.63) is 28.1 Å². The minimum Gasteiger partial charge on any atom is -0.378 e. The number of anilines is 1. The minimum atomic E-state index is 0.421. The van der Waals surface area contributed by atoms with Gasteiger partial charge in [0.05, 0.1) is 18.9 Å². The van der Waals surface area contributed by atoms with Crippen molar-refractivity contribution >= 4 is 16.5 Å². The van der Waals surface area contributed by atoms with Crippen molar-refractivity contribution in [1.82, 2.24) is 15.0 Å². The van der Waals surface area contributed by atoms with Gasteiger partial charge in [-0.15, -0.1) is 11.3 Å². The molecule has 1 unspecified atom stereocenters. The Bertz CT molecular complexity index is 673. The lowest BCUT2D eigenvalue weighted by molar-refractivity contribution is 0.122. The predicted octanol–water partition coefficient (Wildman–Crippen LogP) is 2.92. The number of morpholine rings is 1. The van der Waals surface area contributed by atoms with Crippen molar-refractivity contribution in [1.29, 1.82) is 0 Å². The number of hydrogen-bond acceptors (Lipinski definition) is 7. The molecule has 2 aliphatic rings. The highest BCUT2D eigenvalue weighted by molar-refractivity contribution is 7.15. The van der Waals surface area contributed by atoms with E-state index in [0.717, 1.165) is 56.0 Å². The lowest BCUT2D eigenvalue weighted by Crippen LogP contribution is -2.36. The number of nitrogens with zero attached hydrogens (tertiary/aromatic N) is 4. The van der Waals surface area contributed by atoms with E-state index in [1.165, 1.54) is 23.3 Å². The first-order valence-electron chi connectivity index (χ1n) is 8.66. The number of aromatic nitrogens is 2. The van der Waals surface area contributed by atoms with Crippen LogP contribution in [-0.4, -0.2) is 47.9 Å². The summed E-state index contributed by atoms with van der Waals surface area (Å²) in [5.74, 6) is 0.961. The number of thiazole rings is 1. The SMILES string of the molecule is Cc1noc(C)c1C1CCCN1Cc1cnc(N2CCOCC2)s1. The summed E-state index contributed by atoms with van der Waals surface area (Å²) >= 11 is 1.81. The third kappa shape index (κ3) is 3.08. The normalized spacial score (nSPS) is 22.4. The van der Waals surface area contributed by atoms with Gasteiger partial charge < -0.3 is 14.2 Å². The molecule has 0 aromatic carbocycles. The van der Waals surface area contributed by atoms with E-state index < -0.39 is 0 Å². The Hall–Kier alpha value is -1.44. The standard InChI is InChI=1S/C17H24N4O2S/c1-12-16(13(2)23-19-12)15-4-3-5-21(15)11-14-10-18-17(24-14)20-6-8-22-9-7-20/h10,15H,3-9,11H2,1-2H3. The molecule has 0 bridgehead atoms. The van der Waals surface area contributed by atoms with Crippen LogP contribution < -0.4 is 4.90 Å². The molecule has 2 saturated heterocycles. The van der Waals surface area contributed by atoms with Crippen molar-refractivity contribution in [3.63, 3.8) is 0 Å². The van der Waals surface area contributed by atoms with Gasteiger partial charge >= 0.3 is 0 Å². The van der Waals surface area contributed by atoms with Crippen LogP contribution in [0, 0.1) is 13.8 Å². The molecule has 0 spiro atoms. The van der Waals surface area contributed by atoms with E-state index in [2.05, 4.69) is 19.9 Å². The van der Waals surface area contributed by atoms with Crippen molar-refractivity contribution in [3.8, 4) is 0 Å². The minimum absolute atomic E-state index is 0.421. The fourth-order valence-electron chi connectivity index (χ4n) is 3.78. The maximum Gasteiger partial charge on any atom is 0.185 e. The number of ether oxygens (including phenoxy) is 1. The quantitative estimate of drug-likeness (QED) is 0.847. The molecule has 7 heteroatoms. The van der Waals surface area contributed by atoms with Crippen LogP contribution >= 0.6 is 11.3 Å². The lowest BCUT2D eigenvalue weighted by Gasteiger charge is -2.26. The average molecular weight is 348 g/mol. The average Bonchev–Trinajstić information content (AvgIpc) is 3.31. The molecule has 1 atom stereocenters. The molecular weight excluding hydrogens is 324 g/mol. The topological polar surface area (TPSA) is 54.6 Å². The highest BCUT2D eigenvalue weighted by Gasteiger charge is 2.31. The molecule has 2 fully saturated rings. The molecular formula is C17H24N4O2S. The van der Waals surface area contributed by atoms with Gasteiger partial charge in [0, 0.05) is 42.3 Å². The summed E-state index contributed by atoms with van der Waals surface area (Å²) in [5.41, 5.74) is 2.31. The van der Waals surface area contributed by atoms with Gasteiger partial charge in [0.15, 0.2) is 5.13 Å². The molecule has 6 nitrogen and oxygen atoms in total. The monoisotopic (exact) mass is 348 g/mol. The number of hydrogen-bond donors (Lipinski definition) is 0. The Balaban J connectivity index is 1.47. The zero-order chi connectivity index (χ0) is 16.5. The van der Waals surface area contributed by atoms with Gasteiger partial charge in [-0.3, -0.25) is 4.90 Å². The van der Waals surface area contributed by atoms with Crippen LogP contribution in [-0.2, 0) is 11.3 Å². The highest BCUT2D eigenvalue weighted by atomic mass is 32.1. The number of rotatable bonds is 4. The molecule has 4 rings (SSSR count). The van der Waals surface area contributed by atoms with Crippen molar-refractivity contribution in [2.45, 2.75) is 39.3 Å². The summed E-state index contributed by atoms with van der Waals surface area (Å²) in [5, 5.41) is 5.26. The zero-order valence-corrected chi connectivity index (χ0v) is 15.1. The van der Waals surface area contributed by atoms with Crippen LogP contribution in [0.2, 0.25) is 0 Å². The number of aryl methyl sites for hydroxylation is 2. The van der Waals surface area contributed by atoms with E-state index in [-0.39, 0.29) is 0 Å². The van der Waals surface area contributed by atoms with Crippen molar-refractivity contribution in [2.24, 2.45) is 0 Å². The van der Waals surface area contributed by atoms with Crippen LogP contribution in [0.5, 0.6) is 0 Å². The van der Waals surface area contributed by atoms with Crippen molar-refractivity contribution < 1.29 is 9.26 Å². The van der Waals surface area contributed by atoms with Gasteiger partial charge in [0.1, 0.15) is 5.76 Å². The molecule has 130 valence electrons. The Labute approximate surface area is 146 Å². The van der Waals surface area contributed by atoms with Crippen LogP contribution in [0.3, 0.4) is 0 Å². The Kier molecular flexibility index (Phi) is 4.56. The van der Waals surface area contributed by atoms with Gasteiger partial charge in [-0.25, -0.2) is 4.98 Å². The van der Waals surface area contributed by atoms with Gasteiger partial charge in [0.25, 0.3) is 0 Å². The molecule has 2 aliphatic heterocycles. The summed E-state index contributed by atoms with van der Waals surface area (Å²) in [6, 6.07) is 0.421. The summed E-state index contributed by atoms with van der Waals surface area (Å²) in [6.45, 7) is 9.64. The van der Waals surface area contributed by atoms with Gasteiger partial charge in [-0.1, -0.05) is 5.16 Å². The van der Waals surface area contributed by atoms with Crippen LogP contribution in [0.1, 0.15) is 40.8 Å². The van der Waals surface area contributed by atoms with E-state index >= 15 is 0 Å². The van der Waals surface area contributed by atoms with E-state index in [1.54, 1.807) is 0 Å². The van der Waals surface area contributed by atoms with E-state index in [9.17, 15) is 0 Å².